The minimum absolute atomic E-state index is 0.783. The number of nitrogen functional groups attached to an aromatic ring is 1. The van der Waals surface area contributed by atoms with Crippen molar-refractivity contribution in [1.29, 1.82) is 0 Å². The Morgan fingerprint density at radius 2 is 1.48 bits per heavy atom. The van der Waals surface area contributed by atoms with Gasteiger partial charge in [0.05, 0.1) is 11.4 Å². The maximum Gasteiger partial charge on any atom is 0.145 e. The molecule has 0 saturated carbocycles. The van der Waals surface area contributed by atoms with Crippen molar-refractivity contribution in [1.82, 2.24) is 14.1 Å². The number of imidazole rings is 1. The summed E-state index contributed by atoms with van der Waals surface area (Å²) in [4.78, 5) is 5.16. The molecule has 0 amide bonds. The van der Waals surface area contributed by atoms with Crippen molar-refractivity contribution in [3.05, 3.63) is 133 Å². The van der Waals surface area contributed by atoms with Crippen LogP contribution in [0.5, 0.6) is 0 Å². The van der Waals surface area contributed by atoms with Gasteiger partial charge in [-0.3, -0.25) is 4.57 Å². The predicted molar refractivity (Wildman–Crippen MR) is 206 cm³/mol. The number of hydrogen-bond acceptors (Lipinski definition) is 2. The van der Waals surface area contributed by atoms with E-state index in [0.29, 0.717) is 0 Å². The third kappa shape index (κ3) is 10.9. The zero-order chi connectivity index (χ0) is 34.5. The first kappa shape index (κ1) is 39.0. The highest BCUT2D eigenvalue weighted by Crippen LogP contribution is 2.32. The van der Waals surface area contributed by atoms with E-state index in [-0.39, 0.29) is 0 Å². The molecule has 4 nitrogen and oxygen atoms in total. The van der Waals surface area contributed by atoms with Crippen molar-refractivity contribution in [2.75, 3.05) is 5.73 Å². The van der Waals surface area contributed by atoms with Gasteiger partial charge in [0.2, 0.25) is 0 Å². The molecule has 0 fully saturated rings. The van der Waals surface area contributed by atoms with Crippen LogP contribution in [0.2, 0.25) is 0 Å². The lowest BCUT2D eigenvalue weighted by Gasteiger charge is -2.15. The Morgan fingerprint density at radius 3 is 1.98 bits per heavy atom. The summed E-state index contributed by atoms with van der Waals surface area (Å²) >= 11 is 0. The summed E-state index contributed by atoms with van der Waals surface area (Å²) in [7, 11) is 0. The molecule has 0 saturated heterocycles. The van der Waals surface area contributed by atoms with E-state index in [0.717, 1.165) is 64.8 Å². The highest BCUT2D eigenvalue weighted by atomic mass is 15.1. The molecule has 0 unspecified atom stereocenters. The van der Waals surface area contributed by atoms with E-state index >= 15 is 0 Å². The largest absolute Gasteiger partial charge is 0.385 e. The third-order valence-electron chi connectivity index (χ3n) is 6.66. The Labute approximate surface area is 279 Å². The van der Waals surface area contributed by atoms with Gasteiger partial charge in [-0.15, -0.1) is 25.5 Å². The normalized spacial score (nSPS) is 10.6. The van der Waals surface area contributed by atoms with Crippen LogP contribution in [-0.4, -0.2) is 14.1 Å². The zero-order valence-electron chi connectivity index (χ0n) is 29.3. The van der Waals surface area contributed by atoms with Crippen LogP contribution in [0.4, 0.5) is 5.82 Å². The topological polar surface area (TPSA) is 48.8 Å². The fourth-order valence-electron chi connectivity index (χ4n) is 4.81. The number of terminal acetylenes is 1. The molecular weight excluding hydrogens is 560 g/mol. The molecule has 0 spiro atoms. The van der Waals surface area contributed by atoms with Gasteiger partial charge in [0, 0.05) is 22.6 Å². The molecule has 2 aromatic carbocycles. The van der Waals surface area contributed by atoms with Crippen LogP contribution in [0, 0.1) is 19.3 Å². The molecule has 4 rings (SSSR count). The van der Waals surface area contributed by atoms with Crippen molar-refractivity contribution in [2.24, 2.45) is 0 Å². The second kappa shape index (κ2) is 21.7. The molecule has 0 aliphatic carbocycles. The van der Waals surface area contributed by atoms with Crippen molar-refractivity contribution in [3.63, 3.8) is 0 Å². The number of aryl methyl sites for hydroxylation is 1. The standard InChI is InChI=1S/C33H38N4.2C3H6.C3H4/c1-6-9-15-24(4)32-30(14-8-3)37(33(35-32)26-16-12-11-13-17-26)28-21-19-27(20-22-28)36-29(18-10-7-2)25(5)23-31(36)34;3*1-3-2/h6,8-9,11-17,19-23H,7,10,18,34H2,1-5H3;2*3H,1H2,2H3;1H,2H3/b9-6-,14-8+,24-15+;;;. The van der Waals surface area contributed by atoms with E-state index in [2.05, 4.69) is 134 Å². The molecule has 0 bridgehead atoms. The van der Waals surface area contributed by atoms with Gasteiger partial charge in [0.25, 0.3) is 0 Å². The predicted octanol–water partition coefficient (Wildman–Crippen LogP) is 11.6. The SMILES string of the molecule is C#CC.C/C=C\C=C(/C)c1nc(-c2ccccc2)n(-c2ccc(-n3c(N)cc(C)c3CCCC)cc2)c1/C=C/C.C=CC.C=CC. The number of benzene rings is 2. The zero-order valence-corrected chi connectivity index (χ0v) is 29.3. The highest BCUT2D eigenvalue weighted by Gasteiger charge is 2.19. The first-order chi connectivity index (χ1) is 22.2. The maximum atomic E-state index is 6.46. The van der Waals surface area contributed by atoms with E-state index in [1.807, 2.05) is 39.8 Å². The Hall–Kier alpha value is -5.01. The van der Waals surface area contributed by atoms with Crippen LogP contribution in [0.1, 0.15) is 84.0 Å². The van der Waals surface area contributed by atoms with Gasteiger partial charge in [-0.2, -0.15) is 0 Å². The van der Waals surface area contributed by atoms with Crippen LogP contribution in [0.15, 0.2) is 110 Å². The number of nitrogens with zero attached hydrogens (tertiary/aromatic N) is 3. The first-order valence-electron chi connectivity index (χ1n) is 15.9. The molecule has 2 aromatic heterocycles. The average Bonchev–Trinajstić information content (AvgIpc) is 3.56. The lowest BCUT2D eigenvalue weighted by atomic mass is 10.1. The lowest BCUT2D eigenvalue weighted by molar-refractivity contribution is 0.757. The summed E-state index contributed by atoms with van der Waals surface area (Å²) in [6, 6.07) is 21.1. The second-order valence-electron chi connectivity index (χ2n) is 10.5. The van der Waals surface area contributed by atoms with Gasteiger partial charge >= 0.3 is 0 Å². The number of anilines is 1. The Bertz CT molecular complexity index is 1610. The van der Waals surface area contributed by atoms with Crippen molar-refractivity contribution in [3.8, 4) is 35.1 Å². The number of hydrogen-bond donors (Lipinski definition) is 1. The van der Waals surface area contributed by atoms with Crippen LogP contribution in [0.3, 0.4) is 0 Å². The summed E-state index contributed by atoms with van der Waals surface area (Å²) in [5, 5.41) is 0. The van der Waals surface area contributed by atoms with Gasteiger partial charge in [-0.25, -0.2) is 4.98 Å². The Morgan fingerprint density at radius 1 is 0.935 bits per heavy atom. The molecule has 2 heterocycles. The molecule has 46 heavy (non-hydrogen) atoms. The summed E-state index contributed by atoms with van der Waals surface area (Å²) < 4.78 is 4.45. The fraction of sp³-hybridized carbons (Fsp3) is 0.262. The lowest BCUT2D eigenvalue weighted by Crippen LogP contribution is -2.06. The summed E-state index contributed by atoms with van der Waals surface area (Å²) in [6.07, 6.45) is 21.9. The monoisotopic (exact) mass is 614 g/mol. The van der Waals surface area contributed by atoms with Gasteiger partial charge in [-0.1, -0.05) is 80.1 Å². The van der Waals surface area contributed by atoms with Gasteiger partial charge in [0.1, 0.15) is 11.6 Å². The van der Waals surface area contributed by atoms with Crippen LogP contribution < -0.4 is 5.73 Å². The smallest absolute Gasteiger partial charge is 0.145 e. The maximum absolute atomic E-state index is 6.46. The second-order valence-corrected chi connectivity index (χ2v) is 10.5. The van der Waals surface area contributed by atoms with Crippen LogP contribution >= 0.6 is 0 Å². The number of unbranched alkanes of at least 4 members (excludes halogenated alkanes) is 1. The van der Waals surface area contributed by atoms with Crippen molar-refractivity contribution >= 4 is 17.5 Å². The molecule has 4 heteroatoms. The van der Waals surface area contributed by atoms with Crippen LogP contribution in [0.25, 0.3) is 34.4 Å². The fourth-order valence-corrected chi connectivity index (χ4v) is 4.81. The number of nitrogens with two attached hydrogens (primary N) is 1. The number of rotatable bonds is 9. The average molecular weight is 615 g/mol. The van der Waals surface area contributed by atoms with E-state index in [4.69, 9.17) is 10.7 Å². The molecule has 2 N–H and O–H groups in total. The molecule has 0 radical (unpaired) electrons. The van der Waals surface area contributed by atoms with E-state index in [1.54, 1.807) is 19.1 Å². The highest BCUT2D eigenvalue weighted by molar-refractivity contribution is 5.76. The Balaban J connectivity index is 0.00000105. The molecular formula is C42H54N4. The van der Waals surface area contributed by atoms with E-state index in [9.17, 15) is 0 Å². The minimum Gasteiger partial charge on any atom is -0.385 e. The molecule has 0 atom stereocenters. The number of allylic oxidation sites excluding steroid dienone is 7. The van der Waals surface area contributed by atoms with E-state index < -0.39 is 0 Å². The quantitative estimate of drug-likeness (QED) is 0.116. The van der Waals surface area contributed by atoms with Gasteiger partial charge < -0.3 is 10.3 Å². The molecule has 242 valence electrons. The summed E-state index contributed by atoms with van der Waals surface area (Å²) in [6.45, 7) is 22.7. The summed E-state index contributed by atoms with van der Waals surface area (Å²) in [5.41, 5.74) is 15.4. The molecule has 0 aliphatic rings. The minimum atomic E-state index is 0.783. The van der Waals surface area contributed by atoms with Crippen molar-refractivity contribution in [2.45, 2.75) is 74.7 Å². The molecule has 0 aliphatic heterocycles. The molecule has 4 aromatic rings. The Kier molecular flexibility index (Phi) is 18.4. The number of aromatic nitrogens is 3. The summed E-state index contributed by atoms with van der Waals surface area (Å²) in [5.74, 6) is 3.95. The van der Waals surface area contributed by atoms with Crippen LogP contribution in [-0.2, 0) is 6.42 Å². The van der Waals surface area contributed by atoms with Gasteiger partial charge in [0.15, 0.2) is 0 Å². The first-order valence-corrected chi connectivity index (χ1v) is 15.9. The van der Waals surface area contributed by atoms with E-state index in [1.165, 1.54) is 11.3 Å². The van der Waals surface area contributed by atoms with Gasteiger partial charge in [-0.05, 0) is 109 Å². The third-order valence-corrected chi connectivity index (χ3v) is 6.66. The van der Waals surface area contributed by atoms with Crippen molar-refractivity contribution < 1.29 is 0 Å².